The van der Waals surface area contributed by atoms with Crippen LogP contribution in [0.5, 0.6) is 0 Å². The van der Waals surface area contributed by atoms with Gasteiger partial charge in [-0.2, -0.15) is 0 Å². The molecular weight excluding hydrogens is 298 g/mol. The summed E-state index contributed by atoms with van der Waals surface area (Å²) in [5.41, 5.74) is -3.20. The summed E-state index contributed by atoms with van der Waals surface area (Å²) in [7, 11) is -9.89. The van der Waals surface area contributed by atoms with Gasteiger partial charge >= 0.3 is 16.2 Å². The quantitative estimate of drug-likeness (QED) is 0.828. The maximum atomic E-state index is 14.0. The minimum absolute atomic E-state index is 0.00943. The van der Waals surface area contributed by atoms with E-state index in [0.717, 1.165) is 6.07 Å². The molecule has 0 unspecified atom stereocenters. The number of aliphatic carboxylic acids is 1. The molecule has 0 amide bonds. The minimum Gasteiger partial charge on any atom is -0.481 e. The fourth-order valence-electron chi connectivity index (χ4n) is 1.83. The maximum Gasteiger partial charge on any atom is 0.310 e. The molecule has 1 saturated carbocycles. The van der Waals surface area contributed by atoms with Crippen LogP contribution in [0, 0.1) is 5.92 Å². The van der Waals surface area contributed by atoms with Crippen LogP contribution in [0.4, 0.5) is 23.8 Å². The van der Waals surface area contributed by atoms with Crippen molar-refractivity contribution < 1.29 is 33.7 Å². The fraction of sp³-hybridized carbons (Fsp3) is 0.300. The first-order valence-corrected chi connectivity index (χ1v) is 6.95. The molecule has 1 aliphatic carbocycles. The van der Waals surface area contributed by atoms with Crippen LogP contribution in [0.3, 0.4) is 0 Å². The van der Waals surface area contributed by atoms with E-state index in [-0.39, 0.29) is 12.1 Å². The Balaban J connectivity index is 2.47. The molecule has 1 aliphatic rings. The molecule has 1 fully saturated rings. The van der Waals surface area contributed by atoms with Gasteiger partial charge in [0.1, 0.15) is 10.6 Å². The number of carboxylic acid groups (broad SMARTS) is 1. The van der Waals surface area contributed by atoms with Gasteiger partial charge in [0.05, 0.1) is 5.92 Å². The van der Waals surface area contributed by atoms with E-state index in [0.29, 0.717) is 6.07 Å². The molecule has 2 atom stereocenters. The van der Waals surface area contributed by atoms with E-state index in [1.54, 1.807) is 0 Å². The molecule has 2 nitrogen and oxygen atoms in total. The van der Waals surface area contributed by atoms with Crippen molar-refractivity contribution >= 4 is 16.2 Å². The summed E-state index contributed by atoms with van der Waals surface area (Å²) in [6.07, 6.45) is -0.522. The first-order valence-electron chi connectivity index (χ1n) is 5.00. The van der Waals surface area contributed by atoms with Gasteiger partial charge in [-0.25, -0.2) is 4.39 Å². The lowest BCUT2D eigenvalue weighted by molar-refractivity contribution is -0.139. The van der Waals surface area contributed by atoms with Crippen molar-refractivity contribution in [2.24, 2.45) is 5.92 Å². The Morgan fingerprint density at radius 2 is 1.84 bits per heavy atom. The van der Waals surface area contributed by atoms with Crippen LogP contribution in [0.25, 0.3) is 0 Å². The van der Waals surface area contributed by atoms with Gasteiger partial charge in [0.25, 0.3) is 0 Å². The number of carbonyl (C=O) groups is 1. The van der Waals surface area contributed by atoms with Gasteiger partial charge in [-0.3, -0.25) is 4.79 Å². The molecule has 0 aliphatic heterocycles. The summed E-state index contributed by atoms with van der Waals surface area (Å²) in [5.74, 6) is -3.01. The largest absolute Gasteiger partial charge is 0.481 e. The summed E-state index contributed by atoms with van der Waals surface area (Å²) in [5, 5.41) is 8.58. The van der Waals surface area contributed by atoms with E-state index in [1.165, 1.54) is 0 Å². The first kappa shape index (κ1) is 14.0. The topological polar surface area (TPSA) is 37.3 Å². The summed E-state index contributed by atoms with van der Waals surface area (Å²) < 4.78 is 76.8. The van der Waals surface area contributed by atoms with Crippen LogP contribution >= 0.6 is 10.2 Å². The third-order valence-electron chi connectivity index (χ3n) is 2.95. The third-order valence-corrected chi connectivity index (χ3v) is 4.10. The Labute approximate surface area is 103 Å². The van der Waals surface area contributed by atoms with Gasteiger partial charge in [0.15, 0.2) is 0 Å². The second-order valence-corrected chi connectivity index (χ2v) is 6.86. The number of halogens is 6. The van der Waals surface area contributed by atoms with Crippen LogP contribution in [0.1, 0.15) is 12.0 Å². The third kappa shape index (κ3) is 2.51. The van der Waals surface area contributed by atoms with E-state index in [4.69, 9.17) is 5.11 Å². The Hall–Kier alpha value is -1.38. The molecule has 108 valence electrons. The monoisotopic (exact) mass is 306 g/mol. The average Bonchev–Trinajstić information content (AvgIpc) is 2.90. The van der Waals surface area contributed by atoms with Crippen molar-refractivity contribution in [3.8, 4) is 0 Å². The highest BCUT2D eigenvalue weighted by atomic mass is 32.5. The van der Waals surface area contributed by atoms with E-state index in [2.05, 4.69) is 0 Å². The van der Waals surface area contributed by atoms with Crippen LogP contribution in [0.2, 0.25) is 0 Å². The Morgan fingerprint density at radius 1 is 1.26 bits per heavy atom. The highest BCUT2D eigenvalue weighted by molar-refractivity contribution is 8.45. The van der Waals surface area contributed by atoms with Crippen molar-refractivity contribution in [3.63, 3.8) is 0 Å². The van der Waals surface area contributed by atoms with Crippen LogP contribution in [0.15, 0.2) is 29.2 Å². The van der Waals surface area contributed by atoms with E-state index >= 15 is 0 Å². The molecule has 0 saturated heterocycles. The zero-order chi connectivity index (χ0) is 14.8. The normalized spacial score (nSPS) is 30.3. The summed E-state index contributed by atoms with van der Waals surface area (Å²) in [6, 6.07) is 1.65. The minimum atomic E-state index is -9.89. The molecule has 0 radical (unpaired) electrons. The predicted octanol–water partition coefficient (Wildman–Crippen LogP) is 4.61. The molecule has 1 N–H and O–H groups in total. The first-order chi connectivity index (χ1) is 8.24. The predicted molar refractivity (Wildman–Crippen MR) is 56.4 cm³/mol. The fourth-order valence-corrected chi connectivity index (χ4v) is 2.52. The standard InChI is InChI=1S/C10H8F6O2S/c11-10(5-8(10)9(17)18)6-2-1-3-7(4-6)19(12,13,14,15)16/h1-4,8H,5H2,(H,17,18)/t8-,10+/m1/s1. The van der Waals surface area contributed by atoms with Crippen molar-refractivity contribution in [2.75, 3.05) is 0 Å². The van der Waals surface area contributed by atoms with Gasteiger partial charge in [-0.1, -0.05) is 31.6 Å². The number of benzene rings is 1. The molecule has 0 spiro atoms. The van der Waals surface area contributed by atoms with E-state index in [9.17, 15) is 28.6 Å². The molecule has 2 rings (SSSR count). The number of hydrogen-bond acceptors (Lipinski definition) is 1. The second kappa shape index (κ2) is 3.02. The average molecular weight is 306 g/mol. The van der Waals surface area contributed by atoms with Crippen LogP contribution in [-0.4, -0.2) is 11.1 Å². The molecule has 1 aromatic carbocycles. The molecule has 0 heterocycles. The highest BCUT2D eigenvalue weighted by Crippen LogP contribution is 3.02. The number of alkyl halides is 1. The smallest absolute Gasteiger partial charge is 0.310 e. The second-order valence-electron chi connectivity index (χ2n) is 4.45. The van der Waals surface area contributed by atoms with Gasteiger partial charge < -0.3 is 5.11 Å². The van der Waals surface area contributed by atoms with Crippen molar-refractivity contribution in [3.05, 3.63) is 29.8 Å². The van der Waals surface area contributed by atoms with Crippen molar-refractivity contribution in [1.82, 2.24) is 0 Å². The molecule has 9 heteroatoms. The molecule has 19 heavy (non-hydrogen) atoms. The number of carboxylic acids is 1. The molecule has 0 bridgehead atoms. The van der Waals surface area contributed by atoms with Crippen LogP contribution in [-0.2, 0) is 10.5 Å². The SMILES string of the molecule is O=C(O)[C@H]1C[C@]1(F)c1cccc(S(F)(F)(F)(F)F)c1. The Morgan fingerprint density at radius 3 is 2.26 bits per heavy atom. The highest BCUT2D eigenvalue weighted by Gasteiger charge is 2.67. The number of hydrogen-bond donors (Lipinski definition) is 1. The summed E-state index contributed by atoms with van der Waals surface area (Å²) in [4.78, 5) is 8.34. The summed E-state index contributed by atoms with van der Waals surface area (Å²) in [6.45, 7) is 0. The molecule has 0 aromatic heterocycles. The lowest BCUT2D eigenvalue weighted by atomic mass is 10.1. The van der Waals surface area contributed by atoms with Crippen LogP contribution < -0.4 is 0 Å². The van der Waals surface area contributed by atoms with Gasteiger partial charge in [0.2, 0.25) is 0 Å². The van der Waals surface area contributed by atoms with Crippen molar-refractivity contribution in [1.29, 1.82) is 0 Å². The zero-order valence-corrected chi connectivity index (χ0v) is 9.94. The lowest BCUT2D eigenvalue weighted by Gasteiger charge is -2.40. The van der Waals surface area contributed by atoms with Crippen molar-refractivity contribution in [2.45, 2.75) is 17.0 Å². The van der Waals surface area contributed by atoms with Gasteiger partial charge in [-0.15, -0.1) is 0 Å². The zero-order valence-electron chi connectivity index (χ0n) is 9.13. The molecule has 1 aromatic rings. The maximum absolute atomic E-state index is 14.0. The van der Waals surface area contributed by atoms with E-state index < -0.39 is 44.7 Å². The Kier molecular flexibility index (Phi) is 2.23. The number of rotatable bonds is 3. The molecular formula is C10H8F6O2S. The lowest BCUT2D eigenvalue weighted by Crippen LogP contribution is -2.12. The van der Waals surface area contributed by atoms with Gasteiger partial charge in [0, 0.05) is 6.42 Å². The van der Waals surface area contributed by atoms with E-state index in [1.807, 2.05) is 0 Å². The Bertz CT molecular complexity index is 569. The van der Waals surface area contributed by atoms with Gasteiger partial charge in [-0.05, 0) is 17.7 Å². The summed E-state index contributed by atoms with van der Waals surface area (Å²) >= 11 is 0.